The number of piperazine rings is 1. The van der Waals surface area contributed by atoms with Crippen molar-refractivity contribution in [2.75, 3.05) is 26.4 Å². The molecule has 0 spiro atoms. The molecule has 0 aromatic heterocycles. The summed E-state index contributed by atoms with van der Waals surface area (Å²) in [6.45, 7) is 2.18. The molecule has 8 nitrogen and oxygen atoms in total. The molecule has 106 valence electrons. The van der Waals surface area contributed by atoms with Gasteiger partial charge in [-0.05, 0) is 6.54 Å². The van der Waals surface area contributed by atoms with Gasteiger partial charge < -0.3 is 9.84 Å². The van der Waals surface area contributed by atoms with Gasteiger partial charge in [0.25, 0.3) is 0 Å². The third kappa shape index (κ3) is 4.66. The van der Waals surface area contributed by atoms with Gasteiger partial charge in [0.1, 0.15) is 0 Å². The van der Waals surface area contributed by atoms with Gasteiger partial charge in [-0.1, -0.05) is 6.92 Å². The van der Waals surface area contributed by atoms with E-state index in [2.05, 4.69) is 0 Å². The second kappa shape index (κ2) is 6.83. The van der Waals surface area contributed by atoms with Gasteiger partial charge >= 0.3 is 11.9 Å². The first-order valence-corrected chi connectivity index (χ1v) is 5.87. The van der Waals surface area contributed by atoms with Crippen molar-refractivity contribution in [3.63, 3.8) is 0 Å². The van der Waals surface area contributed by atoms with E-state index in [0.29, 0.717) is 6.54 Å². The van der Waals surface area contributed by atoms with E-state index in [1.807, 2.05) is 6.92 Å². The van der Waals surface area contributed by atoms with E-state index >= 15 is 0 Å². The molecule has 8 heteroatoms. The van der Waals surface area contributed by atoms with Crippen molar-refractivity contribution in [2.45, 2.75) is 19.8 Å². The first-order chi connectivity index (χ1) is 8.93. The molecular weight excluding hydrogens is 256 g/mol. The number of carboxylic acid groups (broad SMARTS) is 1. The third-order valence-electron chi connectivity index (χ3n) is 2.66. The number of aliphatic carboxylic acids is 1. The van der Waals surface area contributed by atoms with Gasteiger partial charge in [-0.15, -0.1) is 0 Å². The number of carbonyl (C=O) groups excluding carboxylic acids is 3. The largest absolute Gasteiger partial charge is 0.481 e. The minimum absolute atomic E-state index is 0.106. The number of amides is 2. The average molecular weight is 272 g/mol. The normalized spacial score (nSPS) is 16.6. The third-order valence-corrected chi connectivity index (χ3v) is 2.66. The van der Waals surface area contributed by atoms with Crippen molar-refractivity contribution in [1.29, 1.82) is 0 Å². The summed E-state index contributed by atoms with van der Waals surface area (Å²) in [5.41, 5.74) is 0. The van der Waals surface area contributed by atoms with Crippen LogP contribution >= 0.6 is 0 Å². The highest BCUT2D eigenvalue weighted by Gasteiger charge is 2.30. The maximum absolute atomic E-state index is 11.6. The molecule has 19 heavy (non-hydrogen) atoms. The summed E-state index contributed by atoms with van der Waals surface area (Å²) in [4.78, 5) is 47.2. The summed E-state index contributed by atoms with van der Waals surface area (Å²) < 4.78 is 4.71. The fourth-order valence-corrected chi connectivity index (χ4v) is 1.53. The zero-order valence-electron chi connectivity index (χ0n) is 10.6. The molecule has 1 N–H and O–H groups in total. The van der Waals surface area contributed by atoms with E-state index in [1.165, 1.54) is 0 Å². The van der Waals surface area contributed by atoms with Gasteiger partial charge in [0.2, 0.25) is 11.8 Å². The SMILES string of the molecule is CCN1CC(=O)N(COC(=O)CCC(=O)O)C(=O)C1. The van der Waals surface area contributed by atoms with Crippen LogP contribution in [0.2, 0.25) is 0 Å². The number of likely N-dealkylation sites (N-methyl/N-ethyl adjacent to an activating group) is 1. The van der Waals surface area contributed by atoms with Gasteiger partial charge in [-0.2, -0.15) is 0 Å². The smallest absolute Gasteiger partial charge is 0.308 e. The molecule has 1 aliphatic rings. The Labute approximate surface area is 109 Å². The highest BCUT2D eigenvalue weighted by atomic mass is 16.5. The Bertz CT molecular complexity index is 377. The molecule has 0 bridgehead atoms. The Balaban J connectivity index is 2.40. The Kier molecular flexibility index (Phi) is 5.43. The van der Waals surface area contributed by atoms with Crippen LogP contribution in [0.1, 0.15) is 19.8 Å². The molecule has 0 saturated carbocycles. The Morgan fingerprint density at radius 3 is 2.26 bits per heavy atom. The number of hydrogen-bond acceptors (Lipinski definition) is 6. The summed E-state index contributed by atoms with van der Waals surface area (Å²) in [5, 5.41) is 8.39. The fourth-order valence-electron chi connectivity index (χ4n) is 1.53. The minimum Gasteiger partial charge on any atom is -0.481 e. The van der Waals surface area contributed by atoms with Gasteiger partial charge in [-0.25, -0.2) is 4.90 Å². The first-order valence-electron chi connectivity index (χ1n) is 5.87. The Hall–Kier alpha value is -1.96. The molecule has 1 aliphatic heterocycles. The molecule has 0 atom stereocenters. The lowest BCUT2D eigenvalue weighted by molar-refractivity contribution is -0.164. The lowest BCUT2D eigenvalue weighted by Gasteiger charge is -2.31. The maximum Gasteiger partial charge on any atom is 0.308 e. The van der Waals surface area contributed by atoms with E-state index in [4.69, 9.17) is 9.84 Å². The summed E-state index contributed by atoms with van der Waals surface area (Å²) >= 11 is 0. The number of ether oxygens (including phenoxy) is 1. The predicted molar refractivity (Wildman–Crippen MR) is 61.8 cm³/mol. The molecule has 0 aromatic carbocycles. The van der Waals surface area contributed by atoms with E-state index < -0.39 is 30.5 Å². The topological polar surface area (TPSA) is 104 Å². The summed E-state index contributed by atoms with van der Waals surface area (Å²) in [7, 11) is 0. The summed E-state index contributed by atoms with van der Waals surface area (Å²) in [5.74, 6) is -2.71. The van der Waals surface area contributed by atoms with E-state index in [9.17, 15) is 19.2 Å². The Morgan fingerprint density at radius 1 is 1.21 bits per heavy atom. The highest BCUT2D eigenvalue weighted by molar-refractivity contribution is 5.99. The molecule has 2 amide bonds. The number of carbonyl (C=O) groups is 4. The second-order valence-corrected chi connectivity index (χ2v) is 4.06. The minimum atomic E-state index is -1.11. The average Bonchev–Trinajstić information content (AvgIpc) is 2.34. The monoisotopic (exact) mass is 272 g/mol. The lowest BCUT2D eigenvalue weighted by atomic mass is 10.3. The van der Waals surface area contributed by atoms with Crippen LogP contribution in [0.3, 0.4) is 0 Å². The van der Waals surface area contributed by atoms with Gasteiger partial charge in [0, 0.05) is 0 Å². The van der Waals surface area contributed by atoms with Crippen LogP contribution in [0.5, 0.6) is 0 Å². The predicted octanol–water partition coefficient (Wildman–Crippen LogP) is -0.957. The van der Waals surface area contributed by atoms with Crippen LogP contribution in [-0.2, 0) is 23.9 Å². The van der Waals surface area contributed by atoms with Crippen molar-refractivity contribution in [3.8, 4) is 0 Å². The first kappa shape index (κ1) is 15.1. The van der Waals surface area contributed by atoms with Crippen molar-refractivity contribution in [3.05, 3.63) is 0 Å². The zero-order chi connectivity index (χ0) is 14.4. The molecular formula is C11H16N2O6. The van der Waals surface area contributed by atoms with E-state index in [1.54, 1.807) is 4.90 Å². The van der Waals surface area contributed by atoms with Gasteiger partial charge in [0.05, 0.1) is 25.9 Å². The molecule has 1 fully saturated rings. The van der Waals surface area contributed by atoms with E-state index in [0.717, 1.165) is 4.90 Å². The van der Waals surface area contributed by atoms with Crippen LogP contribution < -0.4 is 0 Å². The van der Waals surface area contributed by atoms with Crippen molar-refractivity contribution >= 4 is 23.8 Å². The number of imide groups is 1. The molecule has 0 aliphatic carbocycles. The van der Waals surface area contributed by atoms with Crippen LogP contribution in [-0.4, -0.2) is 65.0 Å². The van der Waals surface area contributed by atoms with Crippen molar-refractivity contribution in [1.82, 2.24) is 9.80 Å². The summed E-state index contributed by atoms with van der Waals surface area (Å²) in [6.07, 6.45) is -0.628. The van der Waals surface area contributed by atoms with Crippen molar-refractivity contribution in [2.24, 2.45) is 0 Å². The molecule has 0 unspecified atom stereocenters. The fraction of sp³-hybridized carbons (Fsp3) is 0.636. The Morgan fingerprint density at radius 2 is 1.79 bits per heavy atom. The number of rotatable bonds is 6. The molecule has 1 saturated heterocycles. The van der Waals surface area contributed by atoms with Crippen LogP contribution in [0.15, 0.2) is 0 Å². The molecule has 1 heterocycles. The summed E-state index contributed by atoms with van der Waals surface area (Å²) in [6, 6.07) is 0. The van der Waals surface area contributed by atoms with Crippen LogP contribution in [0, 0.1) is 0 Å². The van der Waals surface area contributed by atoms with Crippen molar-refractivity contribution < 1.29 is 29.0 Å². The molecule has 0 radical (unpaired) electrons. The van der Waals surface area contributed by atoms with Gasteiger partial charge in [-0.3, -0.25) is 24.1 Å². The standard InChI is InChI=1S/C11H16N2O6/c1-2-12-5-8(14)13(9(15)6-12)7-19-11(18)4-3-10(16)17/h2-7H2,1H3,(H,16,17). The maximum atomic E-state index is 11.6. The molecule has 0 aromatic rings. The number of nitrogens with zero attached hydrogens (tertiary/aromatic N) is 2. The second-order valence-electron chi connectivity index (χ2n) is 4.06. The zero-order valence-corrected chi connectivity index (χ0v) is 10.6. The number of carboxylic acids is 1. The van der Waals surface area contributed by atoms with E-state index in [-0.39, 0.29) is 25.9 Å². The highest BCUT2D eigenvalue weighted by Crippen LogP contribution is 2.05. The van der Waals surface area contributed by atoms with Crippen LogP contribution in [0.25, 0.3) is 0 Å². The molecule has 1 rings (SSSR count). The van der Waals surface area contributed by atoms with Gasteiger partial charge in [0.15, 0.2) is 6.73 Å². The lowest BCUT2D eigenvalue weighted by Crippen LogP contribution is -2.54. The quantitative estimate of drug-likeness (QED) is 0.490. The number of hydrogen-bond donors (Lipinski definition) is 1. The number of esters is 1. The van der Waals surface area contributed by atoms with Crippen LogP contribution in [0.4, 0.5) is 0 Å².